The van der Waals surface area contributed by atoms with Crippen LogP contribution in [0.25, 0.3) is 0 Å². The number of rotatable bonds is 4. The van der Waals surface area contributed by atoms with Crippen LogP contribution in [0.15, 0.2) is 23.1 Å². The van der Waals surface area contributed by atoms with Crippen molar-refractivity contribution in [1.82, 2.24) is 0 Å². The summed E-state index contributed by atoms with van der Waals surface area (Å²) in [5, 5.41) is 1.08. The van der Waals surface area contributed by atoms with Crippen molar-refractivity contribution >= 4 is 29.6 Å². The predicted octanol–water partition coefficient (Wildman–Crippen LogP) is 4.29. The largest absolute Gasteiger partial charge is 0.298 e. The molecule has 0 bridgehead atoms. The SMILES string of the molecule is CC(C)C(C)Sc1ccc(C=O)c(Cl)c1. The van der Waals surface area contributed by atoms with Crippen molar-refractivity contribution in [2.45, 2.75) is 30.9 Å². The van der Waals surface area contributed by atoms with Crippen LogP contribution in [-0.2, 0) is 0 Å². The molecule has 1 nitrogen and oxygen atoms in total. The normalized spacial score (nSPS) is 12.9. The molecule has 0 radical (unpaired) electrons. The summed E-state index contributed by atoms with van der Waals surface area (Å²) in [5.74, 6) is 0.625. The zero-order valence-corrected chi connectivity index (χ0v) is 10.7. The van der Waals surface area contributed by atoms with Gasteiger partial charge in [-0.1, -0.05) is 32.4 Å². The van der Waals surface area contributed by atoms with Crippen molar-refractivity contribution in [3.05, 3.63) is 28.8 Å². The standard InChI is InChI=1S/C12H15ClOS/c1-8(2)9(3)15-11-5-4-10(7-14)12(13)6-11/h4-9H,1-3H3. The van der Waals surface area contributed by atoms with E-state index in [2.05, 4.69) is 20.8 Å². The van der Waals surface area contributed by atoms with E-state index in [4.69, 9.17) is 11.6 Å². The summed E-state index contributed by atoms with van der Waals surface area (Å²) in [6, 6.07) is 5.57. The lowest BCUT2D eigenvalue weighted by molar-refractivity contribution is 0.112. The summed E-state index contributed by atoms with van der Waals surface area (Å²) in [7, 11) is 0. The van der Waals surface area contributed by atoms with Crippen LogP contribution in [0.4, 0.5) is 0 Å². The van der Waals surface area contributed by atoms with Crippen LogP contribution in [0.1, 0.15) is 31.1 Å². The van der Waals surface area contributed by atoms with Gasteiger partial charge in [0.05, 0.1) is 5.02 Å². The Balaban J connectivity index is 2.79. The Bertz CT molecular complexity index is 349. The molecule has 82 valence electrons. The Hall–Kier alpha value is -0.470. The lowest BCUT2D eigenvalue weighted by atomic mass is 10.2. The van der Waals surface area contributed by atoms with Gasteiger partial charge in [0.2, 0.25) is 0 Å². The highest BCUT2D eigenvalue weighted by Crippen LogP contribution is 2.30. The average molecular weight is 243 g/mol. The quantitative estimate of drug-likeness (QED) is 0.579. The van der Waals surface area contributed by atoms with Gasteiger partial charge in [-0.15, -0.1) is 11.8 Å². The zero-order valence-electron chi connectivity index (χ0n) is 9.16. The first-order chi connectivity index (χ1) is 7.04. The van der Waals surface area contributed by atoms with Crippen molar-refractivity contribution in [2.24, 2.45) is 5.92 Å². The monoisotopic (exact) mass is 242 g/mol. The summed E-state index contributed by atoms with van der Waals surface area (Å²) < 4.78 is 0. The van der Waals surface area contributed by atoms with E-state index in [9.17, 15) is 4.79 Å². The molecule has 1 unspecified atom stereocenters. The fraction of sp³-hybridized carbons (Fsp3) is 0.417. The minimum absolute atomic E-state index is 0.533. The Labute approximate surface area is 100 Å². The van der Waals surface area contributed by atoms with E-state index in [-0.39, 0.29) is 0 Å². The lowest BCUT2D eigenvalue weighted by Crippen LogP contribution is -2.05. The summed E-state index contributed by atoms with van der Waals surface area (Å²) in [5.41, 5.74) is 0.554. The Kier molecular flexibility index (Phi) is 4.68. The van der Waals surface area contributed by atoms with Crippen LogP contribution < -0.4 is 0 Å². The van der Waals surface area contributed by atoms with Crippen LogP contribution >= 0.6 is 23.4 Å². The zero-order chi connectivity index (χ0) is 11.4. The van der Waals surface area contributed by atoms with Gasteiger partial charge in [0.1, 0.15) is 0 Å². The molecule has 1 aromatic carbocycles. The van der Waals surface area contributed by atoms with Crippen molar-refractivity contribution in [1.29, 1.82) is 0 Å². The number of thioether (sulfide) groups is 1. The molecule has 0 heterocycles. The molecule has 0 aliphatic carbocycles. The number of aldehydes is 1. The topological polar surface area (TPSA) is 17.1 Å². The predicted molar refractivity (Wildman–Crippen MR) is 67.0 cm³/mol. The minimum Gasteiger partial charge on any atom is -0.298 e. The number of carbonyl (C=O) groups excluding carboxylic acids is 1. The van der Waals surface area contributed by atoms with E-state index in [1.807, 2.05) is 12.1 Å². The molecule has 0 N–H and O–H groups in total. The van der Waals surface area contributed by atoms with Crippen LogP contribution in [0.2, 0.25) is 5.02 Å². The molecule has 3 heteroatoms. The van der Waals surface area contributed by atoms with Gasteiger partial charge in [0, 0.05) is 15.7 Å². The van der Waals surface area contributed by atoms with Gasteiger partial charge in [-0.3, -0.25) is 4.79 Å². The van der Waals surface area contributed by atoms with Gasteiger partial charge in [-0.05, 0) is 24.1 Å². The van der Waals surface area contributed by atoms with Gasteiger partial charge in [-0.25, -0.2) is 0 Å². The second-order valence-electron chi connectivity index (χ2n) is 3.87. The molecule has 1 aromatic rings. The molecule has 0 amide bonds. The second-order valence-corrected chi connectivity index (χ2v) is 5.73. The van der Waals surface area contributed by atoms with Crippen LogP contribution in [0.5, 0.6) is 0 Å². The van der Waals surface area contributed by atoms with Crippen LogP contribution in [-0.4, -0.2) is 11.5 Å². The molecule has 0 saturated carbocycles. The molecule has 15 heavy (non-hydrogen) atoms. The average Bonchev–Trinajstić information content (AvgIpc) is 2.18. The third-order valence-electron chi connectivity index (χ3n) is 2.36. The van der Waals surface area contributed by atoms with Gasteiger partial charge in [0.25, 0.3) is 0 Å². The molecule has 1 atom stereocenters. The second kappa shape index (κ2) is 5.57. The van der Waals surface area contributed by atoms with Crippen molar-refractivity contribution in [2.75, 3.05) is 0 Å². The lowest BCUT2D eigenvalue weighted by Gasteiger charge is -2.15. The van der Waals surface area contributed by atoms with E-state index in [0.29, 0.717) is 21.8 Å². The first kappa shape index (κ1) is 12.6. The number of benzene rings is 1. The van der Waals surface area contributed by atoms with Gasteiger partial charge < -0.3 is 0 Å². The summed E-state index contributed by atoms with van der Waals surface area (Å²) in [6.45, 7) is 6.58. The fourth-order valence-electron chi connectivity index (χ4n) is 1.03. The highest BCUT2D eigenvalue weighted by molar-refractivity contribution is 8.00. The maximum absolute atomic E-state index is 10.6. The Morgan fingerprint density at radius 2 is 2.00 bits per heavy atom. The van der Waals surface area contributed by atoms with Crippen molar-refractivity contribution < 1.29 is 4.79 Å². The molecule has 0 aliphatic heterocycles. The van der Waals surface area contributed by atoms with E-state index < -0.39 is 0 Å². The first-order valence-corrected chi connectivity index (χ1v) is 6.21. The highest BCUT2D eigenvalue weighted by Gasteiger charge is 2.09. The molecule has 0 aromatic heterocycles. The van der Waals surface area contributed by atoms with Crippen LogP contribution in [0, 0.1) is 5.92 Å². The molecule has 0 spiro atoms. The maximum Gasteiger partial charge on any atom is 0.151 e. The van der Waals surface area contributed by atoms with Crippen molar-refractivity contribution in [3.63, 3.8) is 0 Å². The van der Waals surface area contributed by atoms with Gasteiger partial charge >= 0.3 is 0 Å². The third-order valence-corrected chi connectivity index (χ3v) is 4.13. The Morgan fingerprint density at radius 1 is 1.33 bits per heavy atom. The van der Waals surface area contributed by atoms with Gasteiger partial charge in [-0.2, -0.15) is 0 Å². The fourth-order valence-corrected chi connectivity index (χ4v) is 2.35. The number of carbonyl (C=O) groups is 1. The Morgan fingerprint density at radius 3 is 2.47 bits per heavy atom. The maximum atomic E-state index is 10.6. The molecular weight excluding hydrogens is 228 g/mol. The summed E-state index contributed by atoms with van der Waals surface area (Å²) in [6.07, 6.45) is 0.780. The van der Waals surface area contributed by atoms with Crippen LogP contribution in [0.3, 0.4) is 0 Å². The molecule has 0 saturated heterocycles. The summed E-state index contributed by atoms with van der Waals surface area (Å²) in [4.78, 5) is 11.7. The number of halogens is 1. The molecule has 1 rings (SSSR count). The number of hydrogen-bond acceptors (Lipinski definition) is 2. The van der Waals surface area contributed by atoms with E-state index in [1.54, 1.807) is 17.8 Å². The smallest absolute Gasteiger partial charge is 0.151 e. The summed E-state index contributed by atoms with van der Waals surface area (Å²) >= 11 is 7.73. The highest BCUT2D eigenvalue weighted by atomic mass is 35.5. The van der Waals surface area contributed by atoms with E-state index in [1.165, 1.54) is 0 Å². The van der Waals surface area contributed by atoms with Crippen molar-refractivity contribution in [3.8, 4) is 0 Å². The number of hydrogen-bond donors (Lipinski definition) is 0. The minimum atomic E-state index is 0.533. The van der Waals surface area contributed by atoms with E-state index >= 15 is 0 Å². The third kappa shape index (κ3) is 3.54. The van der Waals surface area contributed by atoms with Gasteiger partial charge in [0.15, 0.2) is 6.29 Å². The molecule has 0 fully saturated rings. The first-order valence-electron chi connectivity index (χ1n) is 4.96. The van der Waals surface area contributed by atoms with E-state index in [0.717, 1.165) is 11.2 Å². The molecular formula is C12H15ClOS. The molecule has 0 aliphatic rings.